The lowest BCUT2D eigenvalue weighted by atomic mass is 9.94. The Labute approximate surface area is 244 Å². The number of rotatable bonds is 7. The van der Waals surface area contributed by atoms with Crippen molar-refractivity contribution in [1.29, 1.82) is 0 Å². The number of hydrogen-bond donors (Lipinski definition) is 0. The molecule has 1 atom stereocenters. The maximum Gasteiger partial charge on any atom is 0.271 e. The fourth-order valence-corrected chi connectivity index (χ4v) is 6.13. The number of allylic oxidation sites excluding steroid dienone is 1. The second-order valence-corrected chi connectivity index (χ2v) is 11.0. The molecule has 5 rings (SSSR count). The van der Waals surface area contributed by atoms with Crippen molar-refractivity contribution in [1.82, 2.24) is 9.47 Å². The summed E-state index contributed by atoms with van der Waals surface area (Å²) in [6.45, 7) is 8.46. The first-order chi connectivity index (χ1) is 19.6. The molecular weight excluding hydrogens is 564 g/mol. The minimum Gasteiger partial charge on any atom is -0.457 e. The van der Waals surface area contributed by atoms with Crippen LogP contribution in [0.2, 0.25) is 5.02 Å². The smallest absolute Gasteiger partial charge is 0.271 e. The third-order valence-electron chi connectivity index (χ3n) is 7.07. The highest BCUT2D eigenvalue weighted by molar-refractivity contribution is 7.07. The van der Waals surface area contributed by atoms with Gasteiger partial charge in [-0.25, -0.2) is 4.99 Å². The first-order valence-corrected chi connectivity index (χ1v) is 14.2. The number of aromatic nitrogens is 1. The van der Waals surface area contributed by atoms with Crippen molar-refractivity contribution in [2.75, 3.05) is 13.1 Å². The van der Waals surface area contributed by atoms with Crippen molar-refractivity contribution >= 4 is 40.6 Å². The largest absolute Gasteiger partial charge is 0.457 e. The van der Waals surface area contributed by atoms with Gasteiger partial charge in [0.2, 0.25) is 0 Å². The highest BCUT2D eigenvalue weighted by Crippen LogP contribution is 2.32. The van der Waals surface area contributed by atoms with E-state index < -0.39 is 11.0 Å². The zero-order valence-electron chi connectivity index (χ0n) is 22.9. The Morgan fingerprint density at radius 2 is 1.85 bits per heavy atom. The van der Waals surface area contributed by atoms with E-state index in [2.05, 4.69) is 4.99 Å². The maximum absolute atomic E-state index is 13.9. The van der Waals surface area contributed by atoms with E-state index in [1.165, 1.54) is 23.5 Å². The van der Waals surface area contributed by atoms with Crippen molar-refractivity contribution in [3.8, 4) is 11.3 Å². The first kappa shape index (κ1) is 28.3. The van der Waals surface area contributed by atoms with E-state index in [1.54, 1.807) is 59.7 Å². The molecule has 3 heterocycles. The highest BCUT2D eigenvalue weighted by atomic mass is 35.5. The number of hydrogen-bond acceptors (Lipinski definition) is 7. The number of furan rings is 1. The Kier molecular flexibility index (Phi) is 7.79. The van der Waals surface area contributed by atoms with Gasteiger partial charge in [-0.05, 0) is 69.2 Å². The molecule has 210 valence electrons. The third-order valence-corrected chi connectivity index (χ3v) is 8.31. The van der Waals surface area contributed by atoms with Gasteiger partial charge in [0.05, 0.1) is 26.8 Å². The molecule has 0 saturated heterocycles. The Morgan fingerprint density at radius 3 is 2.49 bits per heavy atom. The Bertz CT molecular complexity index is 1880. The monoisotopic (exact) mass is 590 g/mol. The van der Waals surface area contributed by atoms with E-state index in [0.29, 0.717) is 55.8 Å². The number of carbonyl (C=O) groups excluding carboxylic acids is 1. The predicted molar refractivity (Wildman–Crippen MR) is 159 cm³/mol. The van der Waals surface area contributed by atoms with E-state index in [9.17, 15) is 19.7 Å². The average molecular weight is 591 g/mol. The van der Waals surface area contributed by atoms with E-state index in [1.807, 2.05) is 26.0 Å². The number of likely N-dealkylation sites (N-methyl/N-ethyl adjacent to an activating group) is 1. The van der Waals surface area contributed by atoms with Crippen molar-refractivity contribution in [3.05, 3.63) is 118 Å². The minimum absolute atomic E-state index is 0.00326. The molecule has 1 aliphatic heterocycles. The van der Waals surface area contributed by atoms with Crippen LogP contribution in [-0.2, 0) is 4.79 Å². The number of thiazole rings is 1. The molecule has 1 aliphatic rings. The molecule has 0 radical (unpaired) electrons. The number of nitrogens with zero attached hydrogens (tertiary/aromatic N) is 4. The molecule has 2 aromatic heterocycles. The van der Waals surface area contributed by atoms with Crippen LogP contribution in [0, 0.1) is 17.0 Å². The maximum atomic E-state index is 13.9. The van der Waals surface area contributed by atoms with E-state index in [4.69, 9.17) is 16.0 Å². The molecule has 0 fully saturated rings. The summed E-state index contributed by atoms with van der Waals surface area (Å²) in [6, 6.07) is 14.5. The number of benzene rings is 2. The minimum atomic E-state index is -0.673. The molecule has 0 spiro atoms. The van der Waals surface area contributed by atoms with Gasteiger partial charge < -0.3 is 9.32 Å². The number of nitro groups is 1. The Morgan fingerprint density at radius 1 is 1.15 bits per heavy atom. The molecule has 0 bridgehead atoms. The van der Waals surface area contributed by atoms with Crippen LogP contribution in [0.4, 0.5) is 5.69 Å². The summed E-state index contributed by atoms with van der Waals surface area (Å²) in [7, 11) is 0. The average Bonchev–Trinajstić information content (AvgIpc) is 3.53. The zero-order valence-corrected chi connectivity index (χ0v) is 24.5. The zero-order chi connectivity index (χ0) is 29.4. The predicted octanol–water partition coefficient (Wildman–Crippen LogP) is 5.23. The number of amides is 1. The van der Waals surface area contributed by atoms with Crippen LogP contribution in [0.25, 0.3) is 17.4 Å². The summed E-state index contributed by atoms with van der Waals surface area (Å²) in [5.74, 6) is 0.805. The highest BCUT2D eigenvalue weighted by Gasteiger charge is 2.34. The van der Waals surface area contributed by atoms with Gasteiger partial charge in [0, 0.05) is 41.9 Å². The lowest BCUT2D eigenvalue weighted by Gasteiger charge is -2.29. The summed E-state index contributed by atoms with van der Waals surface area (Å²) in [6.07, 6.45) is 1.65. The number of halogens is 1. The fourth-order valence-electron chi connectivity index (χ4n) is 4.98. The SMILES string of the molecule is CCN(CC)C(=O)C1=C(C)N=c2s/c(=C/c3ccc(-c4ccc([N+](=O)[O-])cc4C)o3)c(=O)n2[C@@H]1c1ccc(Cl)cc1. The molecule has 0 aliphatic carbocycles. The van der Waals surface area contributed by atoms with Gasteiger partial charge in [0.1, 0.15) is 11.5 Å². The Hall–Kier alpha value is -4.28. The molecule has 41 heavy (non-hydrogen) atoms. The lowest BCUT2D eigenvalue weighted by molar-refractivity contribution is -0.384. The van der Waals surface area contributed by atoms with Crippen molar-refractivity contribution < 1.29 is 14.1 Å². The van der Waals surface area contributed by atoms with Gasteiger partial charge in [-0.1, -0.05) is 35.1 Å². The fraction of sp³-hybridized carbons (Fsp3) is 0.233. The lowest BCUT2D eigenvalue weighted by Crippen LogP contribution is -2.43. The van der Waals surface area contributed by atoms with Crippen LogP contribution >= 0.6 is 22.9 Å². The van der Waals surface area contributed by atoms with Crippen molar-refractivity contribution in [2.45, 2.75) is 33.7 Å². The molecule has 0 saturated carbocycles. The topological polar surface area (TPSA) is 111 Å². The van der Waals surface area contributed by atoms with Crippen molar-refractivity contribution in [3.63, 3.8) is 0 Å². The number of non-ortho nitro benzene ring substituents is 1. The van der Waals surface area contributed by atoms with Gasteiger partial charge in [0.25, 0.3) is 17.2 Å². The third kappa shape index (κ3) is 5.28. The van der Waals surface area contributed by atoms with Gasteiger partial charge in [-0.2, -0.15) is 0 Å². The van der Waals surface area contributed by atoms with Gasteiger partial charge in [-0.3, -0.25) is 24.3 Å². The summed E-state index contributed by atoms with van der Waals surface area (Å²) >= 11 is 7.38. The van der Waals surface area contributed by atoms with Crippen molar-refractivity contribution in [2.24, 2.45) is 4.99 Å². The number of carbonyl (C=O) groups is 1. The number of aryl methyl sites for hydroxylation is 1. The van der Waals surface area contributed by atoms with Crippen LogP contribution in [-0.4, -0.2) is 33.4 Å². The van der Waals surface area contributed by atoms with Gasteiger partial charge >= 0.3 is 0 Å². The van der Waals surface area contributed by atoms with Crippen LogP contribution in [0.1, 0.15) is 43.7 Å². The summed E-state index contributed by atoms with van der Waals surface area (Å²) in [5.41, 5.74) is 2.88. The summed E-state index contributed by atoms with van der Waals surface area (Å²) in [4.78, 5) is 45.1. The van der Waals surface area contributed by atoms with Gasteiger partial charge in [-0.15, -0.1) is 0 Å². The number of nitro benzene ring substituents is 1. The molecule has 11 heteroatoms. The Balaban J connectivity index is 1.62. The molecule has 0 N–H and O–H groups in total. The normalized spacial score (nSPS) is 15.0. The molecular formula is C30H27ClN4O5S. The van der Waals surface area contributed by atoms with Gasteiger partial charge in [0.15, 0.2) is 4.80 Å². The van der Waals surface area contributed by atoms with E-state index in [-0.39, 0.29) is 17.2 Å². The number of fused-ring (bicyclic) bond motifs is 1. The van der Waals surface area contributed by atoms with Crippen LogP contribution in [0.3, 0.4) is 0 Å². The summed E-state index contributed by atoms with van der Waals surface area (Å²) in [5, 5.41) is 11.7. The standard InChI is InChI=1S/C30H27ClN4O5S/c1-5-33(6-2)29(37)26-18(4)32-30-34(27(26)19-7-9-20(31)10-8-19)28(36)25(41-30)16-22-12-14-24(40-22)23-13-11-21(35(38)39)15-17(23)3/h7-16,27H,5-6H2,1-4H3/b25-16+/t27-/m1/s1. The molecule has 9 nitrogen and oxygen atoms in total. The quantitative estimate of drug-likeness (QED) is 0.216. The van der Waals surface area contributed by atoms with E-state index >= 15 is 0 Å². The van der Waals surface area contributed by atoms with E-state index in [0.717, 1.165) is 11.1 Å². The van der Waals surface area contributed by atoms with Crippen LogP contribution in [0.5, 0.6) is 0 Å². The molecule has 4 aromatic rings. The van der Waals surface area contributed by atoms with Crippen LogP contribution in [0.15, 0.2) is 80.1 Å². The van der Waals surface area contributed by atoms with Crippen LogP contribution < -0.4 is 14.9 Å². The summed E-state index contributed by atoms with van der Waals surface area (Å²) < 4.78 is 7.98. The molecule has 2 aromatic carbocycles. The molecule has 1 amide bonds. The second kappa shape index (κ2) is 11.3. The second-order valence-electron chi connectivity index (χ2n) is 9.57. The first-order valence-electron chi connectivity index (χ1n) is 13.1. The molecule has 0 unspecified atom stereocenters.